The molecule has 4 nitrogen and oxygen atoms in total. The number of hydrogen-bond acceptors (Lipinski definition) is 4. The molecule has 12 heavy (non-hydrogen) atoms. The van der Waals surface area contributed by atoms with E-state index in [-0.39, 0.29) is 11.6 Å². The Labute approximate surface area is 82.9 Å². The third kappa shape index (κ3) is 2.27. The van der Waals surface area contributed by atoms with Crippen LogP contribution in [0.1, 0.15) is 16.4 Å². The van der Waals surface area contributed by atoms with Crippen LogP contribution in [0.5, 0.6) is 0 Å². The number of aromatic nitrogens is 3. The van der Waals surface area contributed by atoms with Crippen molar-refractivity contribution >= 4 is 41.1 Å². The van der Waals surface area contributed by atoms with E-state index in [0.29, 0.717) is 6.29 Å². The Morgan fingerprint density at radius 2 is 2.00 bits per heavy atom. The van der Waals surface area contributed by atoms with Crippen LogP contribution in [0.3, 0.4) is 0 Å². The zero-order valence-corrected chi connectivity index (χ0v) is 7.81. The summed E-state index contributed by atoms with van der Waals surface area (Å²) >= 11 is 16.3. The summed E-state index contributed by atoms with van der Waals surface area (Å²) in [5.41, 5.74) is 0. The molecule has 0 saturated carbocycles. The highest BCUT2D eigenvalue weighted by atomic mass is 35.6. The Balaban J connectivity index is 3.10. The zero-order valence-electron chi connectivity index (χ0n) is 5.54. The minimum Gasteiger partial charge on any atom is -0.294 e. The van der Waals surface area contributed by atoms with Crippen LogP contribution in [-0.4, -0.2) is 21.2 Å². The van der Waals surface area contributed by atoms with Gasteiger partial charge in [-0.05, 0) is 0 Å². The van der Waals surface area contributed by atoms with E-state index in [1.807, 2.05) is 0 Å². The highest BCUT2D eigenvalue weighted by molar-refractivity contribution is 6.66. The molecule has 0 aliphatic rings. The predicted molar refractivity (Wildman–Crippen MR) is 44.5 cm³/mol. The van der Waals surface area contributed by atoms with E-state index in [2.05, 4.69) is 15.0 Å². The van der Waals surface area contributed by atoms with Gasteiger partial charge in [0.05, 0.1) is 0 Å². The van der Waals surface area contributed by atoms with Crippen LogP contribution >= 0.6 is 34.8 Å². The van der Waals surface area contributed by atoms with Gasteiger partial charge in [0.2, 0.25) is 3.79 Å². The summed E-state index contributed by atoms with van der Waals surface area (Å²) in [4.78, 5) is 20.9. The number of aldehydes is 1. The molecule has 0 unspecified atom stereocenters. The molecule has 0 atom stereocenters. The highest BCUT2D eigenvalue weighted by Gasteiger charge is 2.26. The number of rotatable bonds is 1. The Bertz CT molecular complexity index is 298. The zero-order chi connectivity index (χ0) is 9.19. The molecule has 0 bridgehead atoms. The van der Waals surface area contributed by atoms with Crippen molar-refractivity contribution in [2.75, 3.05) is 0 Å². The van der Waals surface area contributed by atoms with Crippen LogP contribution in [0.2, 0.25) is 0 Å². The molecule has 0 aliphatic heterocycles. The van der Waals surface area contributed by atoms with Crippen molar-refractivity contribution in [1.29, 1.82) is 0 Å². The SMILES string of the molecule is O=Cc1ncnc(C(Cl)(Cl)Cl)n1. The van der Waals surface area contributed by atoms with E-state index >= 15 is 0 Å². The van der Waals surface area contributed by atoms with E-state index in [0.717, 1.165) is 6.33 Å². The van der Waals surface area contributed by atoms with Crippen molar-refractivity contribution in [3.05, 3.63) is 18.0 Å². The van der Waals surface area contributed by atoms with Crippen LogP contribution in [0.4, 0.5) is 0 Å². The Morgan fingerprint density at radius 3 is 2.50 bits per heavy atom. The minimum absolute atomic E-state index is 0.0636. The molecule has 1 aromatic heterocycles. The molecule has 0 fully saturated rings. The maximum atomic E-state index is 10.2. The first-order valence-electron chi connectivity index (χ1n) is 2.75. The number of hydrogen-bond donors (Lipinski definition) is 0. The van der Waals surface area contributed by atoms with Gasteiger partial charge in [0.1, 0.15) is 6.33 Å². The van der Waals surface area contributed by atoms with Gasteiger partial charge in [0.25, 0.3) is 0 Å². The van der Waals surface area contributed by atoms with Crippen LogP contribution in [-0.2, 0) is 3.79 Å². The van der Waals surface area contributed by atoms with Gasteiger partial charge in [0.15, 0.2) is 17.9 Å². The average molecular weight is 226 g/mol. The second kappa shape index (κ2) is 3.51. The summed E-state index contributed by atoms with van der Waals surface area (Å²) in [6.45, 7) is 0. The quantitative estimate of drug-likeness (QED) is 0.538. The third-order valence-corrected chi connectivity index (χ3v) is 1.46. The predicted octanol–water partition coefficient (Wildman–Crippen LogP) is 1.51. The minimum atomic E-state index is -1.72. The molecule has 64 valence electrons. The molecule has 7 heteroatoms. The summed E-state index contributed by atoms with van der Waals surface area (Å²) in [6.07, 6.45) is 1.55. The lowest BCUT2D eigenvalue weighted by atomic mass is 10.6. The summed E-state index contributed by atoms with van der Waals surface area (Å²) in [5.74, 6) is -0.129. The third-order valence-electron chi connectivity index (χ3n) is 0.949. The lowest BCUT2D eigenvalue weighted by Crippen LogP contribution is -2.09. The molecule has 0 saturated heterocycles. The van der Waals surface area contributed by atoms with Crippen molar-refractivity contribution < 1.29 is 4.79 Å². The Morgan fingerprint density at radius 1 is 1.33 bits per heavy atom. The van der Waals surface area contributed by atoms with Gasteiger partial charge in [-0.2, -0.15) is 0 Å². The second-order valence-corrected chi connectivity index (χ2v) is 4.06. The monoisotopic (exact) mass is 225 g/mol. The van der Waals surface area contributed by atoms with Crippen molar-refractivity contribution in [3.63, 3.8) is 0 Å². The molecular formula is C5H2Cl3N3O. The lowest BCUT2D eigenvalue weighted by Gasteiger charge is -2.07. The van der Waals surface area contributed by atoms with Gasteiger partial charge in [-0.15, -0.1) is 0 Å². The number of halogens is 3. The number of carbonyl (C=O) groups excluding carboxylic acids is 1. The molecule has 0 aromatic carbocycles. The Kier molecular flexibility index (Phi) is 2.82. The smallest absolute Gasteiger partial charge is 0.250 e. The summed E-state index contributed by atoms with van der Waals surface area (Å²) < 4.78 is -1.72. The maximum absolute atomic E-state index is 10.2. The fourth-order valence-corrected chi connectivity index (χ4v) is 0.775. The van der Waals surface area contributed by atoms with Crippen LogP contribution in [0.25, 0.3) is 0 Å². The topological polar surface area (TPSA) is 55.7 Å². The van der Waals surface area contributed by atoms with E-state index in [1.54, 1.807) is 0 Å². The molecule has 0 aliphatic carbocycles. The van der Waals surface area contributed by atoms with E-state index in [1.165, 1.54) is 0 Å². The van der Waals surface area contributed by atoms with E-state index < -0.39 is 3.79 Å². The first kappa shape index (κ1) is 9.64. The van der Waals surface area contributed by atoms with Crippen molar-refractivity contribution in [1.82, 2.24) is 15.0 Å². The standard InChI is InChI=1S/C5H2Cl3N3O/c6-5(7,8)4-10-2-9-3(1-12)11-4/h1-2H. The van der Waals surface area contributed by atoms with Crippen LogP contribution < -0.4 is 0 Å². The largest absolute Gasteiger partial charge is 0.294 e. The molecule has 0 N–H and O–H groups in total. The second-order valence-electron chi connectivity index (χ2n) is 1.78. The fourth-order valence-electron chi connectivity index (χ4n) is 0.502. The maximum Gasteiger partial charge on any atom is 0.250 e. The molecular weight excluding hydrogens is 224 g/mol. The molecule has 1 aromatic rings. The van der Waals surface area contributed by atoms with E-state index in [9.17, 15) is 4.79 Å². The first-order valence-corrected chi connectivity index (χ1v) is 3.89. The molecule has 0 spiro atoms. The molecule has 1 rings (SSSR count). The lowest BCUT2D eigenvalue weighted by molar-refractivity contribution is 0.111. The fraction of sp³-hybridized carbons (Fsp3) is 0.200. The molecule has 1 heterocycles. The van der Waals surface area contributed by atoms with Crippen molar-refractivity contribution in [2.45, 2.75) is 3.79 Å². The number of alkyl halides is 3. The van der Waals surface area contributed by atoms with Gasteiger partial charge in [-0.1, -0.05) is 34.8 Å². The molecule has 0 radical (unpaired) electrons. The van der Waals surface area contributed by atoms with Gasteiger partial charge >= 0.3 is 0 Å². The van der Waals surface area contributed by atoms with Gasteiger partial charge < -0.3 is 0 Å². The van der Waals surface area contributed by atoms with E-state index in [4.69, 9.17) is 34.8 Å². The van der Waals surface area contributed by atoms with Crippen LogP contribution in [0, 0.1) is 0 Å². The number of nitrogens with zero attached hydrogens (tertiary/aromatic N) is 3. The highest BCUT2D eigenvalue weighted by Crippen LogP contribution is 2.35. The van der Waals surface area contributed by atoms with Crippen LogP contribution in [0.15, 0.2) is 6.33 Å². The summed E-state index contributed by atoms with van der Waals surface area (Å²) in [7, 11) is 0. The van der Waals surface area contributed by atoms with Crippen molar-refractivity contribution in [3.8, 4) is 0 Å². The van der Waals surface area contributed by atoms with Gasteiger partial charge in [0, 0.05) is 0 Å². The normalized spacial score (nSPS) is 11.2. The average Bonchev–Trinajstić information content (AvgIpc) is 2.03. The van der Waals surface area contributed by atoms with Gasteiger partial charge in [-0.25, -0.2) is 15.0 Å². The number of carbonyl (C=O) groups is 1. The Hall–Kier alpha value is -0.450. The van der Waals surface area contributed by atoms with Gasteiger partial charge in [-0.3, -0.25) is 4.79 Å². The molecule has 0 amide bonds. The first-order chi connectivity index (χ1) is 5.54. The summed E-state index contributed by atoms with van der Waals surface area (Å²) in [5, 5.41) is 0. The van der Waals surface area contributed by atoms with Crippen molar-refractivity contribution in [2.24, 2.45) is 0 Å². The summed E-state index contributed by atoms with van der Waals surface area (Å²) in [6, 6.07) is 0.